The Morgan fingerprint density at radius 2 is 1.89 bits per heavy atom. The zero-order valence-corrected chi connectivity index (χ0v) is 11.4. The zero-order chi connectivity index (χ0) is 12.8. The molecule has 4 rings (SSSR count). The van der Waals surface area contributed by atoms with Crippen LogP contribution in [-0.2, 0) is 6.54 Å². The minimum atomic E-state index is 0.196. The lowest BCUT2D eigenvalue weighted by molar-refractivity contribution is 0.0835. The van der Waals surface area contributed by atoms with Crippen LogP contribution >= 0.6 is 0 Å². The lowest BCUT2D eigenvalue weighted by atomic mass is 9.82. The number of aromatic nitrogens is 1. The van der Waals surface area contributed by atoms with Gasteiger partial charge in [0.1, 0.15) is 0 Å². The van der Waals surface area contributed by atoms with Crippen LogP contribution in [0.5, 0.6) is 0 Å². The first-order valence-corrected chi connectivity index (χ1v) is 7.75. The van der Waals surface area contributed by atoms with Gasteiger partial charge in [-0.05, 0) is 31.2 Å². The van der Waals surface area contributed by atoms with Gasteiger partial charge >= 0.3 is 0 Å². The SMILES string of the molecule is O=c1cccc2n1C[C@H]1C[C@H]2CN(C2CCCC2)C1. The summed E-state index contributed by atoms with van der Waals surface area (Å²) in [5.41, 5.74) is 1.48. The van der Waals surface area contributed by atoms with Crippen molar-refractivity contribution in [2.24, 2.45) is 5.92 Å². The van der Waals surface area contributed by atoms with E-state index in [1.165, 1.54) is 50.9 Å². The standard InChI is InChI=1S/C16H22N2O/c19-16-7-3-6-15-13-8-12(10-18(15)16)9-17(11-13)14-4-1-2-5-14/h3,6-7,12-14H,1-2,4-5,8-11H2/t12-,13-/m0/s1. The highest BCUT2D eigenvalue weighted by atomic mass is 16.1. The van der Waals surface area contributed by atoms with Crippen molar-refractivity contribution in [3.8, 4) is 0 Å². The van der Waals surface area contributed by atoms with Gasteiger partial charge in [-0.1, -0.05) is 18.9 Å². The molecule has 1 aromatic heterocycles. The second-order valence-corrected chi connectivity index (χ2v) is 6.59. The molecule has 0 N–H and O–H groups in total. The molecule has 19 heavy (non-hydrogen) atoms. The van der Waals surface area contributed by atoms with Crippen LogP contribution in [0.25, 0.3) is 0 Å². The van der Waals surface area contributed by atoms with Gasteiger partial charge in [-0.2, -0.15) is 0 Å². The highest BCUT2D eigenvalue weighted by molar-refractivity contribution is 5.17. The van der Waals surface area contributed by atoms with Gasteiger partial charge in [0.15, 0.2) is 0 Å². The van der Waals surface area contributed by atoms with Gasteiger partial charge in [0, 0.05) is 43.4 Å². The summed E-state index contributed by atoms with van der Waals surface area (Å²) >= 11 is 0. The fourth-order valence-corrected chi connectivity index (χ4v) is 4.50. The van der Waals surface area contributed by atoms with Crippen LogP contribution in [0.3, 0.4) is 0 Å². The highest BCUT2D eigenvalue weighted by Gasteiger charge is 2.37. The Bertz CT molecular complexity index is 530. The maximum Gasteiger partial charge on any atom is 0.250 e. The average molecular weight is 258 g/mol. The monoisotopic (exact) mass is 258 g/mol. The number of pyridine rings is 1. The fourth-order valence-electron chi connectivity index (χ4n) is 4.50. The van der Waals surface area contributed by atoms with Crippen LogP contribution in [0.1, 0.15) is 43.7 Å². The number of fused-ring (bicyclic) bond motifs is 4. The molecule has 2 fully saturated rings. The lowest BCUT2D eigenvalue weighted by Gasteiger charge is -2.45. The minimum Gasteiger partial charge on any atom is -0.312 e. The average Bonchev–Trinajstić information content (AvgIpc) is 2.94. The summed E-state index contributed by atoms with van der Waals surface area (Å²) in [7, 11) is 0. The van der Waals surface area contributed by atoms with Crippen molar-refractivity contribution in [2.45, 2.75) is 50.6 Å². The van der Waals surface area contributed by atoms with E-state index in [4.69, 9.17) is 0 Å². The lowest BCUT2D eigenvalue weighted by Crippen LogP contribution is -2.49. The molecule has 2 atom stereocenters. The molecule has 1 saturated heterocycles. The van der Waals surface area contributed by atoms with Gasteiger partial charge in [0.2, 0.25) is 0 Å². The van der Waals surface area contributed by atoms with Crippen molar-refractivity contribution >= 4 is 0 Å². The van der Waals surface area contributed by atoms with Gasteiger partial charge in [-0.25, -0.2) is 0 Å². The molecule has 2 bridgehead atoms. The predicted molar refractivity (Wildman–Crippen MR) is 75.4 cm³/mol. The summed E-state index contributed by atoms with van der Waals surface area (Å²) in [6.45, 7) is 3.32. The van der Waals surface area contributed by atoms with Crippen molar-refractivity contribution in [3.05, 3.63) is 34.2 Å². The quantitative estimate of drug-likeness (QED) is 0.771. The summed E-state index contributed by atoms with van der Waals surface area (Å²) in [6, 6.07) is 6.63. The molecule has 1 aromatic rings. The van der Waals surface area contributed by atoms with E-state index in [9.17, 15) is 4.79 Å². The third-order valence-corrected chi connectivity index (χ3v) is 5.35. The van der Waals surface area contributed by atoms with Gasteiger partial charge in [-0.15, -0.1) is 0 Å². The minimum absolute atomic E-state index is 0.196. The first-order chi connectivity index (χ1) is 9.31. The molecule has 3 aliphatic rings. The third kappa shape index (κ3) is 1.95. The van der Waals surface area contributed by atoms with Crippen LogP contribution in [0.15, 0.2) is 23.0 Å². The second kappa shape index (κ2) is 4.48. The molecule has 1 saturated carbocycles. The number of hydrogen-bond donors (Lipinski definition) is 0. The largest absolute Gasteiger partial charge is 0.312 e. The van der Waals surface area contributed by atoms with Gasteiger partial charge in [0.05, 0.1) is 0 Å². The van der Waals surface area contributed by atoms with Crippen molar-refractivity contribution < 1.29 is 0 Å². The van der Waals surface area contributed by atoms with Gasteiger partial charge in [0.25, 0.3) is 5.56 Å². The normalized spacial score (nSPS) is 31.4. The van der Waals surface area contributed by atoms with E-state index >= 15 is 0 Å². The third-order valence-electron chi connectivity index (χ3n) is 5.35. The first-order valence-electron chi connectivity index (χ1n) is 7.75. The molecule has 0 unspecified atom stereocenters. The molecular weight excluding hydrogens is 236 g/mol. The molecular formula is C16H22N2O. The smallest absolute Gasteiger partial charge is 0.250 e. The number of nitrogens with zero attached hydrogens (tertiary/aromatic N) is 2. The molecule has 0 spiro atoms. The number of hydrogen-bond acceptors (Lipinski definition) is 2. The van der Waals surface area contributed by atoms with E-state index in [-0.39, 0.29) is 5.56 Å². The summed E-state index contributed by atoms with van der Waals surface area (Å²) in [5.74, 6) is 1.27. The Morgan fingerprint density at radius 1 is 1.05 bits per heavy atom. The molecule has 1 aliphatic carbocycles. The molecule has 3 nitrogen and oxygen atoms in total. The van der Waals surface area contributed by atoms with Crippen molar-refractivity contribution in [2.75, 3.05) is 13.1 Å². The highest BCUT2D eigenvalue weighted by Crippen LogP contribution is 2.37. The van der Waals surface area contributed by atoms with Gasteiger partial charge < -0.3 is 4.57 Å². The first kappa shape index (κ1) is 11.7. The molecule has 0 amide bonds. The second-order valence-electron chi connectivity index (χ2n) is 6.59. The van der Waals surface area contributed by atoms with E-state index in [0.29, 0.717) is 11.8 Å². The molecule has 3 heteroatoms. The molecule has 102 valence electrons. The van der Waals surface area contributed by atoms with E-state index in [1.807, 2.05) is 10.6 Å². The topological polar surface area (TPSA) is 25.2 Å². The van der Waals surface area contributed by atoms with E-state index in [2.05, 4.69) is 11.0 Å². The van der Waals surface area contributed by atoms with E-state index < -0.39 is 0 Å². The number of likely N-dealkylation sites (tertiary alicyclic amines) is 1. The molecule has 0 radical (unpaired) electrons. The summed E-state index contributed by atoms with van der Waals surface area (Å²) < 4.78 is 2.03. The van der Waals surface area contributed by atoms with Gasteiger partial charge in [-0.3, -0.25) is 9.69 Å². The Morgan fingerprint density at radius 3 is 2.74 bits per heavy atom. The van der Waals surface area contributed by atoms with Crippen LogP contribution < -0.4 is 5.56 Å². The maximum absolute atomic E-state index is 12.0. The van der Waals surface area contributed by atoms with Crippen LogP contribution in [0.2, 0.25) is 0 Å². The van der Waals surface area contributed by atoms with Crippen molar-refractivity contribution in [1.82, 2.24) is 9.47 Å². The number of piperidine rings is 1. The predicted octanol–water partition coefficient (Wildman–Crippen LogP) is 2.21. The molecule has 3 heterocycles. The Hall–Kier alpha value is -1.09. The number of rotatable bonds is 1. The molecule has 2 aliphatic heterocycles. The van der Waals surface area contributed by atoms with Crippen LogP contribution in [0, 0.1) is 5.92 Å². The Balaban J connectivity index is 1.64. The van der Waals surface area contributed by atoms with E-state index in [1.54, 1.807) is 6.07 Å². The summed E-state index contributed by atoms with van der Waals surface area (Å²) in [5, 5.41) is 0. The maximum atomic E-state index is 12.0. The van der Waals surface area contributed by atoms with Crippen molar-refractivity contribution in [3.63, 3.8) is 0 Å². The zero-order valence-electron chi connectivity index (χ0n) is 11.4. The van der Waals surface area contributed by atoms with Crippen LogP contribution in [-0.4, -0.2) is 28.6 Å². The van der Waals surface area contributed by atoms with Crippen LogP contribution in [0.4, 0.5) is 0 Å². The fraction of sp³-hybridized carbons (Fsp3) is 0.688. The van der Waals surface area contributed by atoms with E-state index in [0.717, 1.165) is 12.6 Å². The Labute approximate surface area is 114 Å². The molecule has 0 aromatic carbocycles. The summed E-state index contributed by atoms with van der Waals surface area (Å²) in [6.07, 6.45) is 6.88. The summed E-state index contributed by atoms with van der Waals surface area (Å²) in [4.78, 5) is 14.7. The van der Waals surface area contributed by atoms with Crippen molar-refractivity contribution in [1.29, 1.82) is 0 Å². The Kier molecular flexibility index (Phi) is 2.76.